The Kier molecular flexibility index (Phi) is 9.42. The van der Waals surface area contributed by atoms with E-state index in [2.05, 4.69) is 102 Å². The highest BCUT2D eigenvalue weighted by atomic mass is 127. The van der Waals surface area contributed by atoms with E-state index in [-0.39, 0.29) is 0 Å². The first-order valence-corrected chi connectivity index (χ1v) is 12.7. The van der Waals surface area contributed by atoms with Crippen molar-refractivity contribution in [2.24, 2.45) is 0 Å². The van der Waals surface area contributed by atoms with Crippen LogP contribution < -0.4 is 5.32 Å². The van der Waals surface area contributed by atoms with Crippen LogP contribution in [0.25, 0.3) is 27.3 Å². The van der Waals surface area contributed by atoms with Gasteiger partial charge in [0.1, 0.15) is 0 Å². The fourth-order valence-electron chi connectivity index (χ4n) is 3.12. The van der Waals surface area contributed by atoms with Crippen molar-refractivity contribution >= 4 is 61.2 Å². The smallest absolute Gasteiger partial charge is 0.0425 e. The molecule has 3 aromatic rings. The second kappa shape index (κ2) is 11.8. The molecule has 2 heterocycles. The number of rotatable bonds is 1. The number of hydrogen-bond acceptors (Lipinski definition) is 2. The van der Waals surface area contributed by atoms with Gasteiger partial charge in [-0.15, -0.1) is 11.3 Å². The van der Waals surface area contributed by atoms with Gasteiger partial charge >= 0.3 is 0 Å². The number of thiophene rings is 1. The maximum absolute atomic E-state index is 4.36. The Labute approximate surface area is 192 Å². The molecule has 1 aromatic heterocycles. The van der Waals surface area contributed by atoms with Crippen molar-refractivity contribution in [3.8, 4) is 0 Å². The van der Waals surface area contributed by atoms with Crippen LogP contribution in [-0.2, 0) is 0 Å². The Bertz CT molecular complexity index is 1030. The third kappa shape index (κ3) is 5.49. The number of benzene rings is 2. The highest BCUT2D eigenvalue weighted by molar-refractivity contribution is 14.1. The SMILES string of the molecule is C=C1C/C(c2ccccc2)=C\N/C=C\c2c(sc3ccccc23)C1=C.CC.CI. The van der Waals surface area contributed by atoms with Gasteiger partial charge in [-0.25, -0.2) is 0 Å². The van der Waals surface area contributed by atoms with E-state index in [1.807, 2.05) is 31.0 Å². The maximum atomic E-state index is 4.36. The van der Waals surface area contributed by atoms with Gasteiger partial charge in [-0.3, -0.25) is 0 Å². The van der Waals surface area contributed by atoms with Crippen molar-refractivity contribution in [3.05, 3.63) is 102 Å². The molecule has 29 heavy (non-hydrogen) atoms. The lowest BCUT2D eigenvalue weighted by Gasteiger charge is -2.14. The van der Waals surface area contributed by atoms with Gasteiger partial charge in [-0.05, 0) is 45.8 Å². The molecule has 1 N–H and O–H groups in total. The van der Waals surface area contributed by atoms with Crippen LogP contribution in [0.2, 0.25) is 0 Å². The van der Waals surface area contributed by atoms with Crippen LogP contribution in [0.1, 0.15) is 36.3 Å². The van der Waals surface area contributed by atoms with E-state index in [1.165, 1.54) is 31.7 Å². The summed E-state index contributed by atoms with van der Waals surface area (Å²) in [7, 11) is 0. The molecule has 0 radical (unpaired) electrons. The normalized spacial score (nSPS) is 16.1. The molecule has 0 atom stereocenters. The summed E-state index contributed by atoms with van der Waals surface area (Å²) in [6, 6.07) is 18.9. The summed E-state index contributed by atoms with van der Waals surface area (Å²) in [6.07, 6.45) is 6.97. The maximum Gasteiger partial charge on any atom is 0.0425 e. The van der Waals surface area contributed by atoms with Crippen LogP contribution >= 0.6 is 33.9 Å². The zero-order valence-electron chi connectivity index (χ0n) is 17.3. The average molecular weight is 513 g/mol. The molecule has 0 amide bonds. The monoisotopic (exact) mass is 513 g/mol. The Balaban J connectivity index is 0.000000707. The van der Waals surface area contributed by atoms with Gasteiger partial charge in [0, 0.05) is 32.9 Å². The third-order valence-corrected chi connectivity index (χ3v) is 5.73. The second-order valence-electron chi connectivity index (χ2n) is 6.14. The number of alkyl halides is 1. The Hall–Kier alpha value is -2.11. The first-order valence-electron chi connectivity index (χ1n) is 9.68. The van der Waals surface area contributed by atoms with Crippen LogP contribution in [0, 0.1) is 0 Å². The molecule has 0 unspecified atom stereocenters. The van der Waals surface area contributed by atoms with Gasteiger partial charge < -0.3 is 5.32 Å². The molecule has 0 spiro atoms. The van der Waals surface area contributed by atoms with E-state index < -0.39 is 0 Å². The summed E-state index contributed by atoms with van der Waals surface area (Å²) in [6.45, 7) is 12.7. The van der Waals surface area contributed by atoms with Crippen LogP contribution in [0.15, 0.2) is 85.7 Å². The van der Waals surface area contributed by atoms with Gasteiger partial charge in [-0.1, -0.05) is 98.1 Å². The second-order valence-corrected chi connectivity index (χ2v) is 7.19. The molecule has 150 valence electrons. The van der Waals surface area contributed by atoms with E-state index in [1.54, 1.807) is 11.3 Å². The highest BCUT2D eigenvalue weighted by Crippen LogP contribution is 2.40. The molecule has 1 aliphatic rings. The van der Waals surface area contributed by atoms with Crippen molar-refractivity contribution in [2.75, 3.05) is 4.93 Å². The molecule has 0 fully saturated rings. The summed E-state index contributed by atoms with van der Waals surface area (Å²) in [5, 5.41) is 4.59. The number of halogens is 1. The van der Waals surface area contributed by atoms with E-state index >= 15 is 0 Å². The molecule has 0 bridgehead atoms. The van der Waals surface area contributed by atoms with Crippen molar-refractivity contribution < 1.29 is 0 Å². The number of allylic oxidation sites excluding steroid dienone is 3. The summed E-state index contributed by atoms with van der Waals surface area (Å²) >= 11 is 3.94. The summed E-state index contributed by atoms with van der Waals surface area (Å²) in [4.78, 5) is 3.18. The number of fused-ring (bicyclic) bond motifs is 3. The van der Waals surface area contributed by atoms with Crippen LogP contribution in [0.3, 0.4) is 0 Å². The lowest BCUT2D eigenvalue weighted by atomic mass is 9.93. The van der Waals surface area contributed by atoms with Crippen LogP contribution in [0.5, 0.6) is 0 Å². The van der Waals surface area contributed by atoms with Crippen molar-refractivity contribution in [3.63, 3.8) is 0 Å². The first-order chi connectivity index (χ1) is 14.2. The molecule has 0 saturated carbocycles. The quantitative estimate of drug-likeness (QED) is 0.254. The van der Waals surface area contributed by atoms with Crippen molar-refractivity contribution in [1.29, 1.82) is 0 Å². The molecule has 2 aromatic carbocycles. The molecular weight excluding hydrogens is 485 g/mol. The van der Waals surface area contributed by atoms with Gasteiger partial charge in [-0.2, -0.15) is 0 Å². The molecule has 3 heteroatoms. The van der Waals surface area contributed by atoms with Crippen LogP contribution in [-0.4, -0.2) is 4.93 Å². The largest absolute Gasteiger partial charge is 0.367 e. The summed E-state index contributed by atoms with van der Waals surface area (Å²) < 4.78 is 1.28. The fourth-order valence-corrected chi connectivity index (χ4v) is 4.33. The Morgan fingerprint density at radius 1 is 0.931 bits per heavy atom. The van der Waals surface area contributed by atoms with Crippen molar-refractivity contribution in [2.45, 2.75) is 20.3 Å². The van der Waals surface area contributed by atoms with E-state index in [0.29, 0.717) is 0 Å². The van der Waals surface area contributed by atoms with Crippen LogP contribution in [0.4, 0.5) is 0 Å². The summed E-state index contributed by atoms with van der Waals surface area (Å²) in [5.74, 6) is 0. The number of hydrogen-bond donors (Lipinski definition) is 1. The van der Waals surface area contributed by atoms with Gasteiger partial charge in [0.25, 0.3) is 0 Å². The minimum Gasteiger partial charge on any atom is -0.367 e. The lowest BCUT2D eigenvalue weighted by Crippen LogP contribution is -2.00. The van der Waals surface area contributed by atoms with E-state index in [0.717, 1.165) is 17.6 Å². The molecule has 0 saturated heterocycles. The minimum absolute atomic E-state index is 0.775. The number of nitrogens with one attached hydrogen (secondary N) is 1. The molecular formula is C26H28INS. The average Bonchev–Trinajstić information content (AvgIpc) is 3.17. The zero-order chi connectivity index (χ0) is 21.2. The van der Waals surface area contributed by atoms with Gasteiger partial charge in [0.15, 0.2) is 0 Å². The first kappa shape index (κ1) is 23.2. The van der Waals surface area contributed by atoms with E-state index in [9.17, 15) is 0 Å². The standard InChI is InChI=1S/C23H19NS.C2H6.CH3I/c1-16-14-19(18-8-4-3-5-9-18)15-24-13-12-21-20-10-6-7-11-22(20)25-23(21)17(16)2;2*1-2/h3-13,15,24H,1-2,14H2;1-2H3;1H3/b13-12-,19-15+;;. The predicted octanol–water partition coefficient (Wildman–Crippen LogP) is 8.55. The topological polar surface area (TPSA) is 12.0 Å². The summed E-state index contributed by atoms with van der Waals surface area (Å²) in [5.41, 5.74) is 5.72. The third-order valence-electron chi connectivity index (χ3n) is 4.49. The Morgan fingerprint density at radius 2 is 1.59 bits per heavy atom. The highest BCUT2D eigenvalue weighted by Gasteiger charge is 2.16. The van der Waals surface area contributed by atoms with Gasteiger partial charge in [0.2, 0.25) is 0 Å². The molecule has 1 aliphatic heterocycles. The van der Waals surface area contributed by atoms with Gasteiger partial charge in [0.05, 0.1) is 0 Å². The lowest BCUT2D eigenvalue weighted by molar-refractivity contribution is 1.18. The Morgan fingerprint density at radius 3 is 2.31 bits per heavy atom. The molecule has 1 nitrogen and oxygen atoms in total. The van der Waals surface area contributed by atoms with Crippen molar-refractivity contribution in [1.82, 2.24) is 5.32 Å². The molecule has 0 aliphatic carbocycles. The zero-order valence-corrected chi connectivity index (χ0v) is 20.3. The fraction of sp³-hybridized carbons (Fsp3) is 0.154. The minimum atomic E-state index is 0.775. The predicted molar refractivity (Wildman–Crippen MR) is 142 cm³/mol. The molecule has 4 rings (SSSR count). The van der Waals surface area contributed by atoms with E-state index in [4.69, 9.17) is 0 Å².